The molecule has 0 saturated heterocycles. The standard InChI is InChI=1S/C10H7BrFNO3/c11-6-3-5(1-2-7(6)12)8-4-9(10(14)15)16-13-8/h1-3,9H,4H2,(H,14,15). The largest absolute Gasteiger partial charge is 0.478 e. The Hall–Kier alpha value is -1.43. The zero-order valence-corrected chi connectivity index (χ0v) is 9.57. The lowest BCUT2D eigenvalue weighted by Gasteiger charge is -2.01. The number of nitrogens with zero attached hydrogens (tertiary/aromatic N) is 1. The molecule has 0 fully saturated rings. The van der Waals surface area contributed by atoms with Gasteiger partial charge in [-0.25, -0.2) is 9.18 Å². The molecule has 1 heterocycles. The monoisotopic (exact) mass is 287 g/mol. The van der Waals surface area contributed by atoms with Gasteiger partial charge < -0.3 is 9.94 Å². The summed E-state index contributed by atoms with van der Waals surface area (Å²) < 4.78 is 13.3. The van der Waals surface area contributed by atoms with Crippen LogP contribution in [-0.2, 0) is 9.63 Å². The van der Waals surface area contributed by atoms with Gasteiger partial charge in [0.15, 0.2) is 0 Å². The van der Waals surface area contributed by atoms with Gasteiger partial charge in [0.25, 0.3) is 0 Å². The average molecular weight is 288 g/mol. The Labute approximate surface area is 98.8 Å². The second kappa shape index (κ2) is 4.21. The molecule has 1 unspecified atom stereocenters. The van der Waals surface area contributed by atoms with E-state index >= 15 is 0 Å². The molecule has 1 aliphatic rings. The van der Waals surface area contributed by atoms with Gasteiger partial charge in [0.2, 0.25) is 6.10 Å². The fraction of sp³-hybridized carbons (Fsp3) is 0.200. The van der Waals surface area contributed by atoms with E-state index in [9.17, 15) is 9.18 Å². The highest BCUT2D eigenvalue weighted by molar-refractivity contribution is 9.10. The summed E-state index contributed by atoms with van der Waals surface area (Å²) in [5.74, 6) is -1.43. The highest BCUT2D eigenvalue weighted by atomic mass is 79.9. The summed E-state index contributed by atoms with van der Waals surface area (Å²) in [4.78, 5) is 15.4. The third-order valence-electron chi connectivity index (χ3n) is 2.20. The van der Waals surface area contributed by atoms with Crippen LogP contribution in [0.1, 0.15) is 12.0 Å². The van der Waals surface area contributed by atoms with Gasteiger partial charge >= 0.3 is 5.97 Å². The van der Waals surface area contributed by atoms with Crippen LogP contribution in [-0.4, -0.2) is 22.9 Å². The minimum atomic E-state index is -1.06. The van der Waals surface area contributed by atoms with Gasteiger partial charge in [-0.2, -0.15) is 0 Å². The van der Waals surface area contributed by atoms with Crippen molar-refractivity contribution < 1.29 is 19.1 Å². The van der Waals surface area contributed by atoms with Crippen LogP contribution in [0.2, 0.25) is 0 Å². The molecule has 4 nitrogen and oxygen atoms in total. The first-order chi connectivity index (χ1) is 7.58. The number of carboxylic acid groups (broad SMARTS) is 1. The molecule has 1 aromatic carbocycles. The van der Waals surface area contributed by atoms with Crippen molar-refractivity contribution in [1.29, 1.82) is 0 Å². The molecule has 0 aliphatic carbocycles. The van der Waals surface area contributed by atoms with Crippen LogP contribution < -0.4 is 0 Å². The van der Waals surface area contributed by atoms with Crippen LogP contribution in [0.15, 0.2) is 27.8 Å². The van der Waals surface area contributed by atoms with E-state index in [0.29, 0.717) is 15.7 Å². The maximum absolute atomic E-state index is 13.0. The Morgan fingerprint density at radius 1 is 1.62 bits per heavy atom. The Morgan fingerprint density at radius 3 is 2.94 bits per heavy atom. The van der Waals surface area contributed by atoms with Crippen molar-refractivity contribution in [3.8, 4) is 0 Å². The van der Waals surface area contributed by atoms with E-state index in [0.717, 1.165) is 0 Å². The zero-order chi connectivity index (χ0) is 11.7. The molecule has 1 N–H and O–H groups in total. The highest BCUT2D eigenvalue weighted by Gasteiger charge is 2.28. The highest BCUT2D eigenvalue weighted by Crippen LogP contribution is 2.21. The number of halogens is 2. The Bertz CT molecular complexity index is 475. The fourth-order valence-electron chi connectivity index (χ4n) is 1.36. The van der Waals surface area contributed by atoms with Gasteiger partial charge in [0.05, 0.1) is 10.2 Å². The van der Waals surface area contributed by atoms with Crippen molar-refractivity contribution in [2.45, 2.75) is 12.5 Å². The van der Waals surface area contributed by atoms with E-state index in [1.54, 1.807) is 6.07 Å². The van der Waals surface area contributed by atoms with Crippen LogP contribution in [0.5, 0.6) is 0 Å². The first-order valence-electron chi connectivity index (χ1n) is 4.49. The molecule has 84 valence electrons. The molecule has 1 aliphatic heterocycles. The molecule has 1 aromatic rings. The summed E-state index contributed by atoms with van der Waals surface area (Å²) in [5, 5.41) is 12.4. The normalized spacial score (nSPS) is 19.1. The average Bonchev–Trinajstić information content (AvgIpc) is 2.71. The number of rotatable bonds is 2. The van der Waals surface area contributed by atoms with Crippen LogP contribution in [0, 0.1) is 5.82 Å². The number of oxime groups is 1. The molecule has 0 saturated carbocycles. The van der Waals surface area contributed by atoms with Gasteiger partial charge in [-0.1, -0.05) is 11.2 Å². The van der Waals surface area contributed by atoms with Crippen LogP contribution in [0.4, 0.5) is 4.39 Å². The molecular formula is C10H7BrFNO3. The molecule has 1 atom stereocenters. The number of hydrogen-bond donors (Lipinski definition) is 1. The first kappa shape index (κ1) is 11.1. The Kier molecular flexibility index (Phi) is 2.91. The fourth-order valence-corrected chi connectivity index (χ4v) is 1.73. The van der Waals surface area contributed by atoms with Crippen LogP contribution >= 0.6 is 15.9 Å². The van der Waals surface area contributed by atoms with Crippen molar-refractivity contribution in [3.63, 3.8) is 0 Å². The summed E-state index contributed by atoms with van der Waals surface area (Å²) >= 11 is 3.05. The lowest BCUT2D eigenvalue weighted by Crippen LogP contribution is -2.19. The SMILES string of the molecule is O=C(O)C1CC(c2ccc(F)c(Br)c2)=NO1. The van der Waals surface area contributed by atoms with Crippen molar-refractivity contribution >= 4 is 27.6 Å². The summed E-state index contributed by atoms with van der Waals surface area (Å²) in [7, 11) is 0. The number of hydrogen-bond acceptors (Lipinski definition) is 3. The number of carbonyl (C=O) groups is 1. The predicted octanol–water partition coefficient (Wildman–Crippen LogP) is 2.17. The van der Waals surface area contributed by atoms with Gasteiger partial charge in [-0.15, -0.1) is 0 Å². The van der Waals surface area contributed by atoms with E-state index in [1.807, 2.05) is 0 Å². The molecule has 6 heteroatoms. The van der Waals surface area contributed by atoms with Crippen molar-refractivity contribution in [3.05, 3.63) is 34.1 Å². The van der Waals surface area contributed by atoms with Gasteiger partial charge in [-0.3, -0.25) is 0 Å². The number of carboxylic acids is 1. The second-order valence-corrected chi connectivity index (χ2v) is 4.16. The smallest absolute Gasteiger partial charge is 0.348 e. The molecule has 0 spiro atoms. The molecule has 16 heavy (non-hydrogen) atoms. The lowest BCUT2D eigenvalue weighted by molar-refractivity contribution is -0.148. The van der Waals surface area contributed by atoms with Gasteiger partial charge in [0.1, 0.15) is 5.82 Å². The first-order valence-corrected chi connectivity index (χ1v) is 5.28. The molecule has 0 amide bonds. The number of benzene rings is 1. The van der Waals surface area contributed by atoms with Crippen molar-refractivity contribution in [1.82, 2.24) is 0 Å². The maximum Gasteiger partial charge on any atom is 0.348 e. The summed E-state index contributed by atoms with van der Waals surface area (Å²) in [6.07, 6.45) is -0.758. The topological polar surface area (TPSA) is 58.9 Å². The van der Waals surface area contributed by atoms with E-state index in [1.165, 1.54) is 12.1 Å². The third kappa shape index (κ3) is 2.06. The zero-order valence-electron chi connectivity index (χ0n) is 7.98. The summed E-state index contributed by atoms with van der Waals surface area (Å²) in [5.41, 5.74) is 1.16. The molecule has 0 bridgehead atoms. The summed E-state index contributed by atoms with van der Waals surface area (Å²) in [6, 6.07) is 4.37. The van der Waals surface area contributed by atoms with E-state index in [-0.39, 0.29) is 12.2 Å². The number of aliphatic carboxylic acids is 1. The van der Waals surface area contributed by atoms with Gasteiger partial charge in [0, 0.05) is 12.0 Å². The van der Waals surface area contributed by atoms with Gasteiger partial charge in [-0.05, 0) is 28.1 Å². The molecule has 2 rings (SSSR count). The maximum atomic E-state index is 13.0. The minimum absolute atomic E-state index is 0.188. The summed E-state index contributed by atoms with van der Waals surface area (Å²) in [6.45, 7) is 0. The molecule has 0 radical (unpaired) electrons. The quantitative estimate of drug-likeness (QED) is 0.907. The van der Waals surface area contributed by atoms with E-state index < -0.39 is 12.1 Å². The molecular weight excluding hydrogens is 281 g/mol. The van der Waals surface area contributed by atoms with E-state index in [2.05, 4.69) is 21.1 Å². The minimum Gasteiger partial charge on any atom is -0.478 e. The van der Waals surface area contributed by atoms with E-state index in [4.69, 9.17) is 9.94 Å². The van der Waals surface area contributed by atoms with Crippen molar-refractivity contribution in [2.24, 2.45) is 5.16 Å². The van der Waals surface area contributed by atoms with Crippen LogP contribution in [0.25, 0.3) is 0 Å². The third-order valence-corrected chi connectivity index (χ3v) is 2.80. The predicted molar refractivity (Wildman–Crippen MR) is 57.8 cm³/mol. The Morgan fingerprint density at radius 2 is 2.38 bits per heavy atom. The van der Waals surface area contributed by atoms with Crippen LogP contribution in [0.3, 0.4) is 0 Å². The molecule has 0 aromatic heterocycles. The lowest BCUT2D eigenvalue weighted by atomic mass is 10.1. The van der Waals surface area contributed by atoms with Crippen molar-refractivity contribution in [2.75, 3.05) is 0 Å². The second-order valence-electron chi connectivity index (χ2n) is 3.30. The Balaban J connectivity index is 2.21.